The highest BCUT2D eigenvalue weighted by Gasteiger charge is 2.29. The Morgan fingerprint density at radius 2 is 2.10 bits per heavy atom. The second-order valence-electron chi connectivity index (χ2n) is 5.37. The first-order valence-electron chi connectivity index (χ1n) is 6.93. The average Bonchev–Trinajstić information content (AvgIpc) is 2.91. The highest BCUT2D eigenvalue weighted by molar-refractivity contribution is 5.59. The summed E-state index contributed by atoms with van der Waals surface area (Å²) in [5.74, 6) is 0.416. The zero-order valence-corrected chi connectivity index (χ0v) is 11.3. The fourth-order valence-corrected chi connectivity index (χ4v) is 2.73. The van der Waals surface area contributed by atoms with E-state index in [9.17, 15) is 9.50 Å². The molecule has 0 spiro atoms. The summed E-state index contributed by atoms with van der Waals surface area (Å²) in [7, 11) is 0. The molecule has 2 atom stereocenters. The molecule has 3 rings (SSSR count). The molecule has 1 aromatic heterocycles. The van der Waals surface area contributed by atoms with E-state index in [0.29, 0.717) is 17.3 Å². The normalized spacial score (nSPS) is 22.9. The first kappa shape index (κ1) is 13.2. The van der Waals surface area contributed by atoms with Crippen LogP contribution in [0.4, 0.5) is 4.39 Å². The van der Waals surface area contributed by atoms with Gasteiger partial charge in [-0.1, -0.05) is 24.1 Å². The van der Waals surface area contributed by atoms with Crippen LogP contribution in [0.25, 0.3) is 11.4 Å². The summed E-state index contributed by atoms with van der Waals surface area (Å²) in [5, 5.41) is 13.9. The Kier molecular flexibility index (Phi) is 3.53. The third kappa shape index (κ3) is 2.45. The molecule has 1 fully saturated rings. The molecule has 5 heteroatoms. The molecule has 1 aliphatic carbocycles. The van der Waals surface area contributed by atoms with Crippen molar-refractivity contribution in [3.8, 4) is 11.4 Å². The molecule has 0 amide bonds. The number of rotatable bonds is 2. The molecule has 1 aromatic carbocycles. The number of nitrogens with zero attached hydrogens (tertiary/aromatic N) is 2. The molecule has 0 bridgehead atoms. The lowest BCUT2D eigenvalue weighted by atomic mass is 9.86. The first-order chi connectivity index (χ1) is 9.65. The van der Waals surface area contributed by atoms with Crippen LogP contribution in [0.3, 0.4) is 0 Å². The van der Waals surface area contributed by atoms with Crippen LogP contribution in [0.15, 0.2) is 22.7 Å². The predicted octanol–water partition coefficient (Wildman–Crippen LogP) is 3.20. The summed E-state index contributed by atoms with van der Waals surface area (Å²) in [6.07, 6.45) is 3.28. The molecule has 0 radical (unpaired) electrons. The van der Waals surface area contributed by atoms with E-state index in [0.717, 1.165) is 31.2 Å². The molecule has 1 saturated carbocycles. The van der Waals surface area contributed by atoms with Crippen molar-refractivity contribution in [3.05, 3.63) is 35.5 Å². The molecule has 20 heavy (non-hydrogen) atoms. The van der Waals surface area contributed by atoms with E-state index in [1.54, 1.807) is 6.07 Å². The topological polar surface area (TPSA) is 59.2 Å². The van der Waals surface area contributed by atoms with Gasteiger partial charge in [-0.15, -0.1) is 0 Å². The van der Waals surface area contributed by atoms with Crippen molar-refractivity contribution in [2.45, 2.75) is 44.6 Å². The number of aliphatic hydroxyl groups is 1. The maximum atomic E-state index is 13.3. The Morgan fingerprint density at radius 3 is 2.90 bits per heavy atom. The zero-order valence-electron chi connectivity index (χ0n) is 11.3. The third-order valence-electron chi connectivity index (χ3n) is 3.93. The van der Waals surface area contributed by atoms with Crippen LogP contribution in [-0.4, -0.2) is 21.4 Å². The van der Waals surface area contributed by atoms with E-state index >= 15 is 0 Å². The van der Waals surface area contributed by atoms with Gasteiger partial charge in [0.15, 0.2) is 0 Å². The summed E-state index contributed by atoms with van der Waals surface area (Å²) in [6, 6.07) is 4.50. The van der Waals surface area contributed by atoms with E-state index in [2.05, 4.69) is 10.1 Å². The number of halogens is 1. The smallest absolute Gasteiger partial charge is 0.232 e. The van der Waals surface area contributed by atoms with Gasteiger partial charge in [-0.2, -0.15) is 4.98 Å². The second kappa shape index (κ2) is 5.32. The lowest BCUT2D eigenvalue weighted by Gasteiger charge is -2.24. The van der Waals surface area contributed by atoms with Gasteiger partial charge < -0.3 is 9.63 Å². The maximum absolute atomic E-state index is 13.3. The maximum Gasteiger partial charge on any atom is 0.232 e. The first-order valence-corrected chi connectivity index (χ1v) is 6.93. The molecule has 0 saturated heterocycles. The fourth-order valence-electron chi connectivity index (χ4n) is 2.73. The summed E-state index contributed by atoms with van der Waals surface area (Å²) in [6.45, 7) is 1.88. The molecule has 106 valence electrons. The third-order valence-corrected chi connectivity index (χ3v) is 3.93. The molecule has 1 aliphatic rings. The molecule has 0 aliphatic heterocycles. The van der Waals surface area contributed by atoms with Gasteiger partial charge in [-0.25, -0.2) is 4.39 Å². The van der Waals surface area contributed by atoms with Crippen LogP contribution < -0.4 is 0 Å². The van der Waals surface area contributed by atoms with E-state index in [1.807, 2.05) is 6.92 Å². The number of aliphatic hydroxyl groups excluding tert-OH is 1. The van der Waals surface area contributed by atoms with Crippen molar-refractivity contribution in [3.63, 3.8) is 0 Å². The largest absolute Gasteiger partial charge is 0.392 e. The van der Waals surface area contributed by atoms with E-state index in [4.69, 9.17) is 4.52 Å². The Hall–Kier alpha value is -1.75. The predicted molar refractivity (Wildman–Crippen MR) is 71.6 cm³/mol. The number of hydrogen-bond donors (Lipinski definition) is 1. The Morgan fingerprint density at radius 1 is 1.30 bits per heavy atom. The second-order valence-corrected chi connectivity index (χ2v) is 5.37. The van der Waals surface area contributed by atoms with Crippen LogP contribution in [-0.2, 0) is 0 Å². The van der Waals surface area contributed by atoms with Gasteiger partial charge in [0.05, 0.1) is 12.0 Å². The molecule has 1 heterocycles. The minimum absolute atomic E-state index is 0.0983. The number of aryl methyl sites for hydroxylation is 1. The Bertz CT molecular complexity index is 612. The molecule has 2 aromatic rings. The highest BCUT2D eigenvalue weighted by Crippen LogP contribution is 2.33. The monoisotopic (exact) mass is 276 g/mol. The summed E-state index contributed by atoms with van der Waals surface area (Å²) >= 11 is 0. The van der Waals surface area contributed by atoms with Crippen molar-refractivity contribution in [2.24, 2.45) is 0 Å². The number of benzene rings is 1. The van der Waals surface area contributed by atoms with Crippen LogP contribution >= 0.6 is 0 Å². The van der Waals surface area contributed by atoms with Gasteiger partial charge in [0, 0.05) is 5.56 Å². The molecule has 1 N–H and O–H groups in total. The standard InChI is InChI=1S/C15H17FN2O2/c1-9-6-7-10(16)8-12(9)14-17-15(20-18-14)11-4-2-3-5-13(11)19/h6-8,11,13,19H,2-5H2,1H3. The molecule has 2 unspecified atom stereocenters. The molecular weight excluding hydrogens is 259 g/mol. The van der Waals surface area contributed by atoms with Crippen LogP contribution in [0, 0.1) is 12.7 Å². The van der Waals surface area contributed by atoms with Gasteiger partial charge >= 0.3 is 0 Å². The van der Waals surface area contributed by atoms with Gasteiger partial charge in [-0.3, -0.25) is 0 Å². The lowest BCUT2D eigenvalue weighted by molar-refractivity contribution is 0.0908. The van der Waals surface area contributed by atoms with Crippen LogP contribution in [0.5, 0.6) is 0 Å². The number of aromatic nitrogens is 2. The van der Waals surface area contributed by atoms with Crippen molar-refractivity contribution in [1.82, 2.24) is 10.1 Å². The average molecular weight is 276 g/mol. The summed E-state index contributed by atoms with van der Waals surface area (Å²) < 4.78 is 18.6. The summed E-state index contributed by atoms with van der Waals surface area (Å²) in [4.78, 5) is 4.35. The van der Waals surface area contributed by atoms with Crippen molar-refractivity contribution in [1.29, 1.82) is 0 Å². The van der Waals surface area contributed by atoms with Crippen molar-refractivity contribution < 1.29 is 14.0 Å². The summed E-state index contributed by atoms with van der Waals surface area (Å²) in [5.41, 5.74) is 1.52. The van der Waals surface area contributed by atoms with Gasteiger partial charge in [-0.05, 0) is 37.5 Å². The Labute approximate surface area is 116 Å². The minimum atomic E-state index is -0.425. The molecular formula is C15H17FN2O2. The van der Waals surface area contributed by atoms with E-state index in [-0.39, 0.29) is 11.7 Å². The van der Waals surface area contributed by atoms with E-state index in [1.165, 1.54) is 12.1 Å². The van der Waals surface area contributed by atoms with Gasteiger partial charge in [0.2, 0.25) is 11.7 Å². The minimum Gasteiger partial charge on any atom is -0.392 e. The van der Waals surface area contributed by atoms with Crippen molar-refractivity contribution in [2.75, 3.05) is 0 Å². The van der Waals surface area contributed by atoms with Gasteiger partial charge in [0.1, 0.15) is 5.82 Å². The molecule has 4 nitrogen and oxygen atoms in total. The highest BCUT2D eigenvalue weighted by atomic mass is 19.1. The quantitative estimate of drug-likeness (QED) is 0.915. The fraction of sp³-hybridized carbons (Fsp3) is 0.467. The van der Waals surface area contributed by atoms with Gasteiger partial charge in [0.25, 0.3) is 0 Å². The SMILES string of the molecule is Cc1ccc(F)cc1-c1noc(C2CCCCC2O)n1. The Balaban J connectivity index is 1.91. The number of hydrogen-bond acceptors (Lipinski definition) is 4. The van der Waals surface area contributed by atoms with Crippen molar-refractivity contribution >= 4 is 0 Å². The van der Waals surface area contributed by atoms with Crippen LogP contribution in [0.2, 0.25) is 0 Å². The zero-order chi connectivity index (χ0) is 14.1. The van der Waals surface area contributed by atoms with E-state index < -0.39 is 6.10 Å². The lowest BCUT2D eigenvalue weighted by Crippen LogP contribution is -2.22. The van der Waals surface area contributed by atoms with Crippen LogP contribution in [0.1, 0.15) is 43.1 Å².